The molecule has 0 spiro atoms. The fourth-order valence-electron chi connectivity index (χ4n) is 0.501. The van der Waals surface area contributed by atoms with Gasteiger partial charge in [-0.05, 0) is 6.42 Å². The van der Waals surface area contributed by atoms with E-state index in [0.717, 1.165) is 17.1 Å². The maximum atomic E-state index is 10.4. The number of unbranched alkanes of at least 4 members (excludes halogenated alkanes) is 1. The minimum absolute atomic E-state index is 0.447. The molecule has 0 aliphatic heterocycles. The molecule has 0 aromatic heterocycles. The van der Waals surface area contributed by atoms with Crippen molar-refractivity contribution in [1.29, 1.82) is 0 Å². The fourth-order valence-corrected chi connectivity index (χ4v) is 0.870. The molecule has 0 rings (SSSR count). The zero-order valence-electron chi connectivity index (χ0n) is 6.29. The molecule has 0 saturated carbocycles. The van der Waals surface area contributed by atoms with Crippen molar-refractivity contribution in [2.24, 2.45) is 0 Å². The first kappa shape index (κ1) is 9.87. The van der Waals surface area contributed by atoms with Crippen molar-refractivity contribution >= 4 is 10.2 Å². The Bertz CT molecular complexity index is 176. The molecule has 1 radical (unpaired) electrons. The standard InChI is InChI=1S/C5H13N2O2S/c1-3-4-5-7(2)10(6,8)9/h6H,3-5H2,1-2H3. The maximum Gasteiger partial charge on any atom is 0.292 e. The van der Waals surface area contributed by atoms with Crippen molar-refractivity contribution in [2.75, 3.05) is 13.6 Å². The molecule has 4 nitrogen and oxygen atoms in total. The van der Waals surface area contributed by atoms with E-state index in [9.17, 15) is 8.42 Å². The lowest BCUT2D eigenvalue weighted by molar-refractivity contribution is 0.459. The van der Waals surface area contributed by atoms with Crippen molar-refractivity contribution in [2.45, 2.75) is 19.8 Å². The average molecular weight is 165 g/mol. The lowest BCUT2D eigenvalue weighted by atomic mass is 10.3. The summed E-state index contributed by atoms with van der Waals surface area (Å²) >= 11 is 0. The van der Waals surface area contributed by atoms with Gasteiger partial charge in [0.1, 0.15) is 0 Å². The second kappa shape index (κ2) is 3.90. The summed E-state index contributed by atoms with van der Waals surface area (Å²) in [7, 11) is -2.28. The van der Waals surface area contributed by atoms with Gasteiger partial charge in [-0.3, -0.25) is 0 Å². The molecule has 0 aliphatic rings. The molecule has 0 aliphatic carbocycles. The van der Waals surface area contributed by atoms with Gasteiger partial charge in [0.15, 0.2) is 0 Å². The smallest absolute Gasteiger partial charge is 0.194 e. The third-order valence-corrected chi connectivity index (χ3v) is 2.24. The number of hydrogen-bond donors (Lipinski definition) is 0. The summed E-state index contributed by atoms with van der Waals surface area (Å²) in [6.45, 7) is 2.42. The van der Waals surface area contributed by atoms with Crippen LogP contribution in [0.5, 0.6) is 0 Å². The van der Waals surface area contributed by atoms with Gasteiger partial charge in [0.2, 0.25) is 0 Å². The summed E-state index contributed by atoms with van der Waals surface area (Å²) < 4.78 is 21.9. The zero-order chi connectivity index (χ0) is 8.20. The van der Waals surface area contributed by atoms with Gasteiger partial charge in [0.05, 0.1) is 0 Å². The third-order valence-electron chi connectivity index (χ3n) is 1.24. The fraction of sp³-hybridized carbons (Fsp3) is 1.00. The van der Waals surface area contributed by atoms with E-state index in [0.29, 0.717) is 6.54 Å². The van der Waals surface area contributed by atoms with Gasteiger partial charge in [-0.15, -0.1) is 5.14 Å². The summed E-state index contributed by atoms with van der Waals surface area (Å²) in [4.78, 5) is 0. The van der Waals surface area contributed by atoms with Crippen molar-refractivity contribution in [3.05, 3.63) is 0 Å². The van der Waals surface area contributed by atoms with Gasteiger partial charge in [-0.1, -0.05) is 13.3 Å². The SMILES string of the molecule is CCCCN(C)S([NH])(=O)=O. The van der Waals surface area contributed by atoms with Crippen LogP contribution in [0.15, 0.2) is 0 Å². The molecule has 0 fully saturated rings. The van der Waals surface area contributed by atoms with Crippen LogP contribution in [0.1, 0.15) is 19.8 Å². The Morgan fingerprint density at radius 3 is 2.30 bits per heavy atom. The molecule has 0 heterocycles. The quantitative estimate of drug-likeness (QED) is 0.599. The van der Waals surface area contributed by atoms with Crippen molar-refractivity contribution in [1.82, 2.24) is 9.44 Å². The highest BCUT2D eigenvalue weighted by Crippen LogP contribution is 1.95. The van der Waals surface area contributed by atoms with Gasteiger partial charge < -0.3 is 0 Å². The molecule has 5 heteroatoms. The van der Waals surface area contributed by atoms with Gasteiger partial charge in [0.25, 0.3) is 10.2 Å². The van der Waals surface area contributed by atoms with Crippen LogP contribution in [0.25, 0.3) is 0 Å². The molecule has 0 bridgehead atoms. The Balaban J connectivity index is 3.75. The normalized spacial score (nSPS) is 12.4. The van der Waals surface area contributed by atoms with Crippen molar-refractivity contribution in [3.8, 4) is 0 Å². The number of rotatable bonds is 4. The minimum atomic E-state index is -3.69. The molecule has 1 N–H and O–H groups in total. The van der Waals surface area contributed by atoms with Crippen LogP contribution in [0.2, 0.25) is 0 Å². The lowest BCUT2D eigenvalue weighted by Crippen LogP contribution is -2.28. The third kappa shape index (κ3) is 3.81. The Morgan fingerprint density at radius 1 is 1.50 bits per heavy atom. The van der Waals surface area contributed by atoms with E-state index in [-0.39, 0.29) is 0 Å². The first-order valence-corrected chi connectivity index (χ1v) is 4.63. The Labute approximate surface area is 62.2 Å². The molecule has 0 aromatic rings. The first-order valence-electron chi connectivity index (χ1n) is 3.19. The number of hydrogen-bond acceptors (Lipinski definition) is 2. The Kier molecular flexibility index (Phi) is 3.85. The van der Waals surface area contributed by atoms with E-state index in [4.69, 9.17) is 5.14 Å². The summed E-state index contributed by atoms with van der Waals surface area (Å²) in [5.74, 6) is 0. The summed E-state index contributed by atoms with van der Waals surface area (Å²) in [6.07, 6.45) is 1.76. The highest BCUT2D eigenvalue weighted by Gasteiger charge is 2.09. The predicted octanol–water partition coefficient (Wildman–Crippen LogP) is 0.246. The van der Waals surface area contributed by atoms with Gasteiger partial charge >= 0.3 is 0 Å². The van der Waals surface area contributed by atoms with E-state index in [2.05, 4.69) is 0 Å². The molecule has 0 unspecified atom stereocenters. The van der Waals surface area contributed by atoms with Crippen LogP contribution >= 0.6 is 0 Å². The van der Waals surface area contributed by atoms with Gasteiger partial charge in [-0.2, -0.15) is 12.7 Å². The van der Waals surface area contributed by atoms with E-state index in [1.54, 1.807) is 0 Å². The number of nitrogens with one attached hydrogen (secondary N) is 1. The van der Waals surface area contributed by atoms with E-state index < -0.39 is 10.2 Å². The molecular weight excluding hydrogens is 152 g/mol. The second-order valence-electron chi connectivity index (χ2n) is 2.18. The van der Waals surface area contributed by atoms with Crippen molar-refractivity contribution < 1.29 is 8.42 Å². The molecule has 10 heavy (non-hydrogen) atoms. The van der Waals surface area contributed by atoms with E-state index in [1.807, 2.05) is 6.92 Å². The highest BCUT2D eigenvalue weighted by atomic mass is 32.2. The van der Waals surface area contributed by atoms with Crippen LogP contribution in [0, 0.1) is 0 Å². The van der Waals surface area contributed by atoms with Gasteiger partial charge in [-0.25, -0.2) is 0 Å². The molecular formula is C5H13N2O2S. The predicted molar refractivity (Wildman–Crippen MR) is 39.6 cm³/mol. The summed E-state index contributed by atoms with van der Waals surface area (Å²) in [5, 5.41) is 6.61. The lowest BCUT2D eigenvalue weighted by Gasteiger charge is -2.10. The minimum Gasteiger partial charge on any atom is -0.194 e. The second-order valence-corrected chi connectivity index (χ2v) is 3.75. The largest absolute Gasteiger partial charge is 0.292 e. The first-order chi connectivity index (χ1) is 4.48. The van der Waals surface area contributed by atoms with Crippen LogP contribution in [0.3, 0.4) is 0 Å². The molecule has 61 valence electrons. The topological polar surface area (TPSA) is 61.2 Å². The summed E-state index contributed by atoms with van der Waals surface area (Å²) in [5.41, 5.74) is 0. The molecule has 0 aromatic carbocycles. The molecule has 0 atom stereocenters. The van der Waals surface area contributed by atoms with Crippen LogP contribution in [0.4, 0.5) is 0 Å². The van der Waals surface area contributed by atoms with Crippen LogP contribution in [-0.4, -0.2) is 26.3 Å². The molecule has 0 amide bonds. The van der Waals surface area contributed by atoms with Crippen LogP contribution < -0.4 is 5.14 Å². The maximum absolute atomic E-state index is 10.4. The van der Waals surface area contributed by atoms with E-state index >= 15 is 0 Å². The van der Waals surface area contributed by atoms with Gasteiger partial charge in [0, 0.05) is 13.6 Å². The highest BCUT2D eigenvalue weighted by molar-refractivity contribution is 7.86. The number of nitrogens with zero attached hydrogens (tertiary/aromatic N) is 1. The van der Waals surface area contributed by atoms with E-state index in [1.165, 1.54) is 7.05 Å². The zero-order valence-corrected chi connectivity index (χ0v) is 7.11. The average Bonchev–Trinajstić information content (AvgIpc) is 1.80. The van der Waals surface area contributed by atoms with Crippen molar-refractivity contribution in [3.63, 3.8) is 0 Å². The monoisotopic (exact) mass is 165 g/mol. The Hall–Kier alpha value is -0.130. The summed E-state index contributed by atoms with van der Waals surface area (Å²) in [6, 6.07) is 0. The Morgan fingerprint density at radius 2 is 2.00 bits per heavy atom. The molecule has 0 saturated heterocycles. The van der Waals surface area contributed by atoms with Crippen LogP contribution in [-0.2, 0) is 10.2 Å².